The Morgan fingerprint density at radius 3 is 2.31 bits per heavy atom. The molecular formula is C31H39N3O8. The average Bonchev–Trinajstić information content (AvgIpc) is 2.99. The molecule has 0 aromatic heterocycles. The van der Waals surface area contributed by atoms with Crippen LogP contribution in [-0.2, 0) is 41.8 Å². The highest BCUT2D eigenvalue weighted by Gasteiger charge is 2.28. The predicted molar refractivity (Wildman–Crippen MR) is 154 cm³/mol. The fourth-order valence-corrected chi connectivity index (χ4v) is 4.13. The van der Waals surface area contributed by atoms with E-state index in [9.17, 15) is 24.3 Å². The molecule has 0 saturated carbocycles. The number of cyclic esters (lactones) is 1. The standard InChI is InChI=1S/C31H39N3O8/c1-22(17-35)32-28(36)16-25-14-8-9-15-27(34-31(39)42-19-24-12-6-3-7-13-24)30(38)41-21-26(33-29(25)37)20-40-18-23-10-4-2-5-11-23/h2-13,22,25-27,35H,14-21H2,1H3,(H,32,36)(H,33,37)(H,34,39)/t22-,25-,26+,27-/m1/s1. The van der Waals surface area contributed by atoms with Gasteiger partial charge < -0.3 is 35.3 Å². The van der Waals surface area contributed by atoms with Gasteiger partial charge in [-0.25, -0.2) is 9.59 Å². The zero-order valence-electron chi connectivity index (χ0n) is 23.7. The van der Waals surface area contributed by atoms with E-state index in [1.807, 2.05) is 60.7 Å². The van der Waals surface area contributed by atoms with E-state index >= 15 is 0 Å². The lowest BCUT2D eigenvalue weighted by Crippen LogP contribution is -2.48. The van der Waals surface area contributed by atoms with Gasteiger partial charge in [0.1, 0.15) is 19.3 Å². The number of aliphatic hydroxyl groups is 1. The molecule has 2 aromatic rings. The van der Waals surface area contributed by atoms with Gasteiger partial charge in [0.25, 0.3) is 0 Å². The van der Waals surface area contributed by atoms with Gasteiger partial charge in [-0.15, -0.1) is 0 Å². The van der Waals surface area contributed by atoms with Gasteiger partial charge >= 0.3 is 12.1 Å². The van der Waals surface area contributed by atoms with E-state index in [0.29, 0.717) is 0 Å². The predicted octanol–water partition coefficient (Wildman–Crippen LogP) is 2.38. The molecule has 0 saturated heterocycles. The van der Waals surface area contributed by atoms with Crippen molar-refractivity contribution in [2.24, 2.45) is 5.92 Å². The minimum absolute atomic E-state index is 0.0375. The number of carbonyl (C=O) groups excluding carboxylic acids is 4. The SMILES string of the molecule is C[C@H](CO)NC(=O)C[C@H]1CC=CC[C@@H](NC(=O)OCc2ccccc2)C(=O)OC[C@H](COCc2ccccc2)NC1=O. The Balaban J connectivity index is 1.68. The van der Waals surface area contributed by atoms with Gasteiger partial charge in [-0.2, -0.15) is 0 Å². The summed E-state index contributed by atoms with van der Waals surface area (Å²) < 4.78 is 16.6. The van der Waals surface area contributed by atoms with Crippen molar-refractivity contribution < 1.29 is 38.5 Å². The van der Waals surface area contributed by atoms with Crippen molar-refractivity contribution in [3.8, 4) is 0 Å². The summed E-state index contributed by atoms with van der Waals surface area (Å²) in [6, 6.07) is 16.4. The number of nitrogens with one attached hydrogen (secondary N) is 3. The van der Waals surface area contributed by atoms with Crippen molar-refractivity contribution in [3.05, 3.63) is 83.9 Å². The first kappa shape index (κ1) is 32.3. The van der Waals surface area contributed by atoms with Crippen molar-refractivity contribution in [3.63, 3.8) is 0 Å². The van der Waals surface area contributed by atoms with Gasteiger partial charge in [-0.3, -0.25) is 9.59 Å². The maximum absolute atomic E-state index is 13.2. The third kappa shape index (κ3) is 11.7. The Bertz CT molecular complexity index is 1180. The van der Waals surface area contributed by atoms with Crippen molar-refractivity contribution in [1.82, 2.24) is 16.0 Å². The van der Waals surface area contributed by atoms with Gasteiger partial charge in [-0.05, 0) is 30.9 Å². The number of benzene rings is 2. The first-order chi connectivity index (χ1) is 20.3. The summed E-state index contributed by atoms with van der Waals surface area (Å²) in [5.41, 5.74) is 1.73. The molecule has 0 radical (unpaired) electrons. The lowest BCUT2D eigenvalue weighted by Gasteiger charge is -2.24. The van der Waals surface area contributed by atoms with Crippen LogP contribution in [0, 0.1) is 5.92 Å². The van der Waals surface area contributed by atoms with Crippen LogP contribution in [0.5, 0.6) is 0 Å². The minimum atomic E-state index is -1.03. The minimum Gasteiger partial charge on any atom is -0.462 e. The van der Waals surface area contributed by atoms with E-state index in [2.05, 4.69) is 16.0 Å². The Labute approximate surface area is 245 Å². The molecule has 2 aromatic carbocycles. The number of ether oxygens (including phenoxy) is 3. The summed E-state index contributed by atoms with van der Waals surface area (Å²) in [6.07, 6.45) is 2.77. The molecule has 4 N–H and O–H groups in total. The quantitative estimate of drug-likeness (QED) is 0.233. The molecule has 0 unspecified atom stereocenters. The fraction of sp³-hybridized carbons (Fsp3) is 0.419. The van der Waals surface area contributed by atoms with E-state index in [1.54, 1.807) is 19.1 Å². The van der Waals surface area contributed by atoms with Crippen LogP contribution in [0.15, 0.2) is 72.8 Å². The maximum Gasteiger partial charge on any atom is 0.408 e. The van der Waals surface area contributed by atoms with E-state index in [4.69, 9.17) is 14.2 Å². The summed E-state index contributed by atoms with van der Waals surface area (Å²) in [4.78, 5) is 51.1. The summed E-state index contributed by atoms with van der Waals surface area (Å²) in [5.74, 6) is -2.17. The number of hydrogen-bond acceptors (Lipinski definition) is 8. The van der Waals surface area contributed by atoms with Gasteiger partial charge in [-0.1, -0.05) is 72.8 Å². The highest BCUT2D eigenvalue weighted by molar-refractivity contribution is 5.86. The van der Waals surface area contributed by atoms with Crippen LogP contribution in [-0.4, -0.2) is 66.9 Å². The first-order valence-corrected chi connectivity index (χ1v) is 13.9. The second kappa shape index (κ2) is 17.6. The molecule has 3 rings (SSSR count). The molecule has 0 aliphatic carbocycles. The number of alkyl carbamates (subject to hydrolysis) is 1. The molecule has 4 atom stereocenters. The molecule has 226 valence electrons. The number of hydrogen-bond donors (Lipinski definition) is 4. The van der Waals surface area contributed by atoms with Crippen molar-refractivity contribution in [2.45, 2.75) is 57.5 Å². The zero-order valence-corrected chi connectivity index (χ0v) is 23.7. The summed E-state index contributed by atoms with van der Waals surface area (Å²) in [5, 5.41) is 17.3. The fourth-order valence-electron chi connectivity index (χ4n) is 4.13. The van der Waals surface area contributed by atoms with E-state index in [-0.39, 0.29) is 58.2 Å². The summed E-state index contributed by atoms with van der Waals surface area (Å²) >= 11 is 0. The van der Waals surface area contributed by atoms with Crippen LogP contribution in [0.2, 0.25) is 0 Å². The maximum atomic E-state index is 13.2. The lowest BCUT2D eigenvalue weighted by atomic mass is 9.98. The Kier molecular flexibility index (Phi) is 13.5. The highest BCUT2D eigenvalue weighted by atomic mass is 16.6. The van der Waals surface area contributed by atoms with Gasteiger partial charge in [0.2, 0.25) is 11.8 Å². The molecule has 1 heterocycles. The number of rotatable bonds is 11. The molecule has 42 heavy (non-hydrogen) atoms. The number of carbonyl (C=O) groups is 4. The molecule has 1 aliphatic rings. The third-order valence-corrected chi connectivity index (χ3v) is 6.44. The monoisotopic (exact) mass is 581 g/mol. The van der Waals surface area contributed by atoms with Gasteiger partial charge in [0.05, 0.1) is 31.8 Å². The topological polar surface area (TPSA) is 152 Å². The zero-order chi connectivity index (χ0) is 30.2. The van der Waals surface area contributed by atoms with Crippen molar-refractivity contribution in [2.75, 3.05) is 19.8 Å². The average molecular weight is 582 g/mol. The molecule has 0 bridgehead atoms. The Morgan fingerprint density at radius 2 is 1.64 bits per heavy atom. The van der Waals surface area contributed by atoms with Crippen LogP contribution >= 0.6 is 0 Å². The smallest absolute Gasteiger partial charge is 0.408 e. The largest absolute Gasteiger partial charge is 0.462 e. The van der Waals surface area contributed by atoms with Crippen LogP contribution in [0.3, 0.4) is 0 Å². The highest BCUT2D eigenvalue weighted by Crippen LogP contribution is 2.14. The van der Waals surface area contributed by atoms with E-state index < -0.39 is 42.0 Å². The third-order valence-electron chi connectivity index (χ3n) is 6.44. The normalized spacial score (nSPS) is 20.2. The second-order valence-electron chi connectivity index (χ2n) is 10.1. The molecule has 0 spiro atoms. The number of allylic oxidation sites excluding steroid dienone is 1. The van der Waals surface area contributed by atoms with Gasteiger partial charge in [0, 0.05) is 12.5 Å². The van der Waals surface area contributed by atoms with Crippen LogP contribution in [0.4, 0.5) is 4.79 Å². The van der Waals surface area contributed by atoms with Gasteiger partial charge in [0.15, 0.2) is 0 Å². The summed E-state index contributed by atoms with van der Waals surface area (Å²) in [6.45, 7) is 1.59. The molecule has 0 fully saturated rings. The number of aliphatic hydroxyl groups excluding tert-OH is 1. The van der Waals surface area contributed by atoms with Crippen LogP contribution in [0.1, 0.15) is 37.3 Å². The lowest BCUT2D eigenvalue weighted by molar-refractivity contribution is -0.148. The molecule has 11 heteroatoms. The molecule has 3 amide bonds. The molecular weight excluding hydrogens is 542 g/mol. The van der Waals surface area contributed by atoms with E-state index in [0.717, 1.165) is 11.1 Å². The van der Waals surface area contributed by atoms with Crippen molar-refractivity contribution in [1.29, 1.82) is 0 Å². The van der Waals surface area contributed by atoms with Crippen molar-refractivity contribution >= 4 is 23.9 Å². The molecule has 11 nitrogen and oxygen atoms in total. The first-order valence-electron chi connectivity index (χ1n) is 13.9. The van der Waals surface area contributed by atoms with Crippen LogP contribution in [0.25, 0.3) is 0 Å². The number of esters is 1. The molecule has 1 aliphatic heterocycles. The Hall–Kier alpha value is -4.22. The number of amides is 3. The van der Waals surface area contributed by atoms with E-state index in [1.165, 1.54) is 0 Å². The second-order valence-corrected chi connectivity index (χ2v) is 10.1. The van der Waals surface area contributed by atoms with Crippen LogP contribution < -0.4 is 16.0 Å². The summed E-state index contributed by atoms with van der Waals surface area (Å²) in [7, 11) is 0. The Morgan fingerprint density at radius 1 is 1.00 bits per heavy atom.